The second kappa shape index (κ2) is 6.59. The molecule has 0 saturated carbocycles. The number of halogens is 3. The van der Waals surface area contributed by atoms with Crippen molar-refractivity contribution in [2.24, 2.45) is 0 Å². The Bertz CT molecular complexity index is 772. The number of hydrogen-bond acceptors (Lipinski definition) is 4. The molecule has 10 heteroatoms. The Morgan fingerprint density at radius 3 is 2.61 bits per heavy atom. The van der Waals surface area contributed by atoms with Crippen molar-refractivity contribution in [3.63, 3.8) is 0 Å². The predicted molar refractivity (Wildman–Crippen MR) is 76.2 cm³/mol. The van der Waals surface area contributed by atoms with Gasteiger partial charge in [0.05, 0.1) is 11.5 Å². The Labute approximate surface area is 130 Å². The van der Waals surface area contributed by atoms with Crippen LogP contribution in [-0.2, 0) is 27.9 Å². The van der Waals surface area contributed by atoms with Crippen molar-refractivity contribution in [2.75, 3.05) is 11.8 Å². The van der Waals surface area contributed by atoms with Crippen LogP contribution in [0.5, 0.6) is 0 Å². The maximum absolute atomic E-state index is 12.4. The Kier molecular flexibility index (Phi) is 4.95. The maximum Gasteiger partial charge on any atom is 0.408 e. The number of hydrogen-bond donors (Lipinski definition) is 1. The van der Waals surface area contributed by atoms with Crippen molar-refractivity contribution in [3.8, 4) is 0 Å². The highest BCUT2D eigenvalue weighted by Crippen LogP contribution is 2.21. The molecule has 1 aromatic carbocycles. The number of methoxy groups -OCH3 is 1. The van der Waals surface area contributed by atoms with Gasteiger partial charge in [-0.3, -0.25) is 9.40 Å². The first-order chi connectivity index (χ1) is 10.7. The molecule has 1 N–H and O–H groups in total. The predicted octanol–water partition coefficient (Wildman–Crippen LogP) is 2.39. The van der Waals surface area contributed by atoms with E-state index in [4.69, 9.17) is 4.74 Å². The number of anilines is 1. The monoisotopic (exact) mass is 349 g/mol. The van der Waals surface area contributed by atoms with Gasteiger partial charge in [-0.1, -0.05) is 18.2 Å². The Hall–Kier alpha value is -2.07. The third-order valence-electron chi connectivity index (χ3n) is 2.78. The third-order valence-corrected chi connectivity index (χ3v) is 4.24. The van der Waals surface area contributed by atoms with Crippen molar-refractivity contribution < 1.29 is 26.3 Å². The first-order valence-corrected chi connectivity index (χ1v) is 7.89. The van der Waals surface area contributed by atoms with Crippen LogP contribution in [0.3, 0.4) is 0 Å². The van der Waals surface area contributed by atoms with Crippen LogP contribution in [0.15, 0.2) is 41.4 Å². The number of rotatable bonds is 6. The molecule has 6 nitrogen and oxygen atoms in total. The van der Waals surface area contributed by atoms with Crippen LogP contribution in [0.1, 0.15) is 5.56 Å². The van der Waals surface area contributed by atoms with Crippen LogP contribution in [0, 0.1) is 0 Å². The summed E-state index contributed by atoms with van der Waals surface area (Å²) in [6, 6.07) is 7.31. The average Bonchev–Trinajstić information content (AvgIpc) is 2.83. The lowest BCUT2D eigenvalue weighted by molar-refractivity contribution is -0.142. The van der Waals surface area contributed by atoms with Gasteiger partial charge in [-0.2, -0.15) is 18.3 Å². The van der Waals surface area contributed by atoms with E-state index in [1.807, 2.05) is 0 Å². The molecule has 0 saturated heterocycles. The SMILES string of the molecule is COCc1ccccc1S(=O)(=O)Nc1ccn(CC(F)(F)F)n1. The zero-order valence-electron chi connectivity index (χ0n) is 12.0. The molecule has 0 amide bonds. The van der Waals surface area contributed by atoms with Gasteiger partial charge in [0.15, 0.2) is 5.82 Å². The van der Waals surface area contributed by atoms with Gasteiger partial charge in [0.1, 0.15) is 6.54 Å². The van der Waals surface area contributed by atoms with Crippen molar-refractivity contribution in [2.45, 2.75) is 24.2 Å². The van der Waals surface area contributed by atoms with Gasteiger partial charge in [0.25, 0.3) is 10.0 Å². The molecule has 0 aliphatic carbocycles. The molecule has 126 valence electrons. The number of sulfonamides is 1. The van der Waals surface area contributed by atoms with Crippen LogP contribution in [-0.4, -0.2) is 31.5 Å². The average molecular weight is 349 g/mol. The number of aromatic nitrogens is 2. The number of benzene rings is 1. The molecule has 0 radical (unpaired) electrons. The molecule has 2 aromatic rings. The van der Waals surface area contributed by atoms with E-state index in [0.717, 1.165) is 12.3 Å². The molecule has 0 aliphatic rings. The Balaban J connectivity index is 2.22. The molecule has 1 aromatic heterocycles. The summed E-state index contributed by atoms with van der Waals surface area (Å²) in [6.07, 6.45) is -3.39. The van der Waals surface area contributed by atoms with E-state index in [2.05, 4.69) is 9.82 Å². The van der Waals surface area contributed by atoms with Crippen LogP contribution < -0.4 is 4.72 Å². The second-order valence-corrected chi connectivity index (χ2v) is 6.31. The minimum Gasteiger partial charge on any atom is -0.380 e. The summed E-state index contributed by atoms with van der Waals surface area (Å²) in [6.45, 7) is -1.21. The lowest BCUT2D eigenvalue weighted by atomic mass is 10.2. The largest absolute Gasteiger partial charge is 0.408 e. The van der Waals surface area contributed by atoms with Crippen LogP contribution >= 0.6 is 0 Å². The highest BCUT2D eigenvalue weighted by Gasteiger charge is 2.28. The van der Waals surface area contributed by atoms with Gasteiger partial charge in [-0.15, -0.1) is 0 Å². The summed E-state index contributed by atoms with van der Waals surface area (Å²) in [5, 5.41) is 3.56. The van der Waals surface area contributed by atoms with Gasteiger partial charge in [-0.25, -0.2) is 8.42 Å². The van der Waals surface area contributed by atoms with E-state index in [-0.39, 0.29) is 17.3 Å². The summed E-state index contributed by atoms with van der Waals surface area (Å²) in [5.74, 6) is -0.193. The van der Waals surface area contributed by atoms with Gasteiger partial charge >= 0.3 is 6.18 Å². The second-order valence-electron chi connectivity index (χ2n) is 4.66. The van der Waals surface area contributed by atoms with Gasteiger partial charge in [0, 0.05) is 19.4 Å². The highest BCUT2D eigenvalue weighted by atomic mass is 32.2. The van der Waals surface area contributed by atoms with E-state index in [1.165, 1.54) is 19.2 Å². The standard InChI is InChI=1S/C13H14F3N3O3S/c1-22-8-10-4-2-3-5-11(10)23(20,21)18-12-6-7-19(17-12)9-13(14,15)16/h2-7H,8-9H2,1H3,(H,17,18). The molecule has 2 rings (SSSR count). The smallest absolute Gasteiger partial charge is 0.380 e. The van der Waals surface area contributed by atoms with Gasteiger partial charge in [-0.05, 0) is 11.6 Å². The van der Waals surface area contributed by atoms with Crippen molar-refractivity contribution in [1.29, 1.82) is 0 Å². The van der Waals surface area contributed by atoms with Gasteiger partial charge in [0.2, 0.25) is 0 Å². The summed E-state index contributed by atoms with van der Waals surface area (Å²) in [7, 11) is -2.56. The molecule has 0 fully saturated rings. The molecular weight excluding hydrogens is 335 g/mol. The lowest BCUT2D eigenvalue weighted by Gasteiger charge is -2.10. The van der Waals surface area contributed by atoms with Crippen LogP contribution in [0.2, 0.25) is 0 Å². The maximum atomic E-state index is 12.4. The van der Waals surface area contributed by atoms with Crippen LogP contribution in [0.25, 0.3) is 0 Å². The molecule has 23 heavy (non-hydrogen) atoms. The van der Waals surface area contributed by atoms with Crippen molar-refractivity contribution in [1.82, 2.24) is 9.78 Å². The lowest BCUT2D eigenvalue weighted by Crippen LogP contribution is -2.19. The fourth-order valence-electron chi connectivity index (χ4n) is 1.92. The number of nitrogens with one attached hydrogen (secondary N) is 1. The minimum atomic E-state index is -4.44. The molecule has 0 aliphatic heterocycles. The molecule has 0 bridgehead atoms. The van der Waals surface area contributed by atoms with E-state index in [1.54, 1.807) is 12.1 Å². The summed E-state index contributed by atoms with van der Waals surface area (Å²) >= 11 is 0. The fourth-order valence-corrected chi connectivity index (χ4v) is 3.15. The molecule has 1 heterocycles. The van der Waals surface area contributed by atoms with E-state index in [0.29, 0.717) is 10.2 Å². The molecule has 0 spiro atoms. The van der Waals surface area contributed by atoms with E-state index >= 15 is 0 Å². The third kappa shape index (κ3) is 4.70. The summed E-state index contributed by atoms with van der Waals surface area (Å²) in [5.41, 5.74) is 0.428. The van der Waals surface area contributed by atoms with Gasteiger partial charge < -0.3 is 4.74 Å². The van der Waals surface area contributed by atoms with E-state index < -0.39 is 22.7 Å². The topological polar surface area (TPSA) is 73.2 Å². The zero-order valence-corrected chi connectivity index (χ0v) is 12.9. The molecular formula is C13H14F3N3O3S. The number of nitrogens with zero attached hydrogens (tertiary/aromatic N) is 2. The van der Waals surface area contributed by atoms with Crippen molar-refractivity contribution >= 4 is 15.8 Å². The quantitative estimate of drug-likeness (QED) is 0.869. The van der Waals surface area contributed by atoms with Crippen molar-refractivity contribution in [3.05, 3.63) is 42.1 Å². The first-order valence-electron chi connectivity index (χ1n) is 6.41. The molecule has 0 unspecified atom stereocenters. The summed E-state index contributed by atoms with van der Waals surface area (Å²) in [4.78, 5) is -0.0211. The fraction of sp³-hybridized carbons (Fsp3) is 0.308. The first kappa shape index (κ1) is 17.3. The summed E-state index contributed by atoms with van der Waals surface area (Å²) < 4.78 is 69.2. The minimum absolute atomic E-state index is 0.0211. The number of alkyl halides is 3. The highest BCUT2D eigenvalue weighted by molar-refractivity contribution is 7.92. The zero-order chi connectivity index (χ0) is 17.1. The molecule has 0 atom stereocenters. The van der Waals surface area contributed by atoms with Crippen LogP contribution in [0.4, 0.5) is 19.0 Å². The van der Waals surface area contributed by atoms with E-state index in [9.17, 15) is 21.6 Å². The number of ether oxygens (including phenoxy) is 1. The normalized spacial score (nSPS) is 12.3. The Morgan fingerprint density at radius 2 is 1.96 bits per heavy atom. The Morgan fingerprint density at radius 1 is 1.26 bits per heavy atom.